The average molecular weight is 291 g/mol. The van der Waals surface area contributed by atoms with Gasteiger partial charge < -0.3 is 14.8 Å². The molecule has 2 rings (SSSR count). The molecule has 4 nitrogen and oxygen atoms in total. The first kappa shape index (κ1) is 15.7. The second-order valence-corrected chi connectivity index (χ2v) is 6.69. The van der Waals surface area contributed by atoms with Gasteiger partial charge in [0, 0.05) is 11.7 Å². The molecule has 1 N–H and O–H groups in total. The summed E-state index contributed by atoms with van der Waals surface area (Å²) in [6.45, 7) is 6.90. The number of carbonyl (C=O) groups excluding carboxylic acids is 1. The van der Waals surface area contributed by atoms with Crippen molar-refractivity contribution in [2.75, 3.05) is 19.0 Å². The van der Waals surface area contributed by atoms with Gasteiger partial charge in [-0.1, -0.05) is 20.8 Å². The molecule has 0 aliphatic heterocycles. The summed E-state index contributed by atoms with van der Waals surface area (Å²) in [5.41, 5.74) is 1.51. The highest BCUT2D eigenvalue weighted by atomic mass is 16.6. The normalized spacial score (nSPS) is 23.6. The molecule has 0 heterocycles. The van der Waals surface area contributed by atoms with Crippen LogP contribution in [0.2, 0.25) is 0 Å². The molecule has 1 fully saturated rings. The quantitative estimate of drug-likeness (QED) is 0.844. The Hall–Kier alpha value is -1.71. The maximum atomic E-state index is 11.0. The van der Waals surface area contributed by atoms with Gasteiger partial charge in [0.05, 0.1) is 7.11 Å². The standard InChI is InChI=1S/C17H25NO3/c1-12-9-17(2,3)10-15(12)18-13-5-7-14(8-6-13)21-11-16(19)20-4/h5-8,12,15,18H,9-11H2,1-4H3. The van der Waals surface area contributed by atoms with Crippen LogP contribution in [0.5, 0.6) is 5.75 Å². The van der Waals surface area contributed by atoms with Gasteiger partial charge in [-0.3, -0.25) is 0 Å². The van der Waals surface area contributed by atoms with Gasteiger partial charge in [0.2, 0.25) is 0 Å². The Bertz CT molecular complexity index is 481. The van der Waals surface area contributed by atoms with Gasteiger partial charge in [-0.25, -0.2) is 4.79 Å². The maximum absolute atomic E-state index is 11.0. The van der Waals surface area contributed by atoms with Crippen LogP contribution in [0.4, 0.5) is 5.69 Å². The van der Waals surface area contributed by atoms with Crippen LogP contribution in [0, 0.1) is 11.3 Å². The number of anilines is 1. The minimum absolute atomic E-state index is 0.0584. The molecule has 0 aromatic heterocycles. The van der Waals surface area contributed by atoms with Gasteiger partial charge in [-0.2, -0.15) is 0 Å². The van der Waals surface area contributed by atoms with Crippen LogP contribution in [0.15, 0.2) is 24.3 Å². The third-order valence-electron chi connectivity index (χ3n) is 4.12. The molecular formula is C17H25NO3. The summed E-state index contributed by atoms with van der Waals surface area (Å²) in [6.07, 6.45) is 2.44. The summed E-state index contributed by atoms with van der Waals surface area (Å²) in [4.78, 5) is 11.0. The smallest absolute Gasteiger partial charge is 0.343 e. The van der Waals surface area contributed by atoms with E-state index in [-0.39, 0.29) is 12.6 Å². The zero-order chi connectivity index (χ0) is 15.5. The van der Waals surface area contributed by atoms with E-state index in [9.17, 15) is 4.79 Å². The zero-order valence-corrected chi connectivity index (χ0v) is 13.3. The number of benzene rings is 1. The van der Waals surface area contributed by atoms with Crippen molar-refractivity contribution in [1.82, 2.24) is 0 Å². The van der Waals surface area contributed by atoms with Crippen LogP contribution in [-0.4, -0.2) is 25.7 Å². The number of carbonyl (C=O) groups is 1. The number of rotatable bonds is 5. The highest BCUT2D eigenvalue weighted by Gasteiger charge is 2.36. The van der Waals surface area contributed by atoms with Gasteiger partial charge >= 0.3 is 5.97 Å². The maximum Gasteiger partial charge on any atom is 0.343 e. The molecule has 116 valence electrons. The number of nitrogens with one attached hydrogen (secondary N) is 1. The molecule has 1 aliphatic rings. The first-order chi connectivity index (χ1) is 9.89. The second kappa shape index (κ2) is 6.37. The van der Waals surface area contributed by atoms with Crippen LogP contribution in [0.25, 0.3) is 0 Å². The van der Waals surface area contributed by atoms with Gasteiger partial charge in [-0.15, -0.1) is 0 Å². The molecule has 0 radical (unpaired) electrons. The summed E-state index contributed by atoms with van der Waals surface area (Å²) in [7, 11) is 1.35. The zero-order valence-electron chi connectivity index (χ0n) is 13.3. The predicted molar refractivity (Wildman–Crippen MR) is 83.5 cm³/mol. The molecule has 1 saturated carbocycles. The van der Waals surface area contributed by atoms with E-state index < -0.39 is 0 Å². The second-order valence-electron chi connectivity index (χ2n) is 6.69. The Morgan fingerprint density at radius 3 is 2.48 bits per heavy atom. The fourth-order valence-electron chi connectivity index (χ4n) is 3.15. The van der Waals surface area contributed by atoms with Gasteiger partial charge in [0.15, 0.2) is 6.61 Å². The van der Waals surface area contributed by atoms with Crippen molar-refractivity contribution in [3.63, 3.8) is 0 Å². The molecular weight excluding hydrogens is 266 g/mol. The van der Waals surface area contributed by atoms with Crippen molar-refractivity contribution in [2.24, 2.45) is 11.3 Å². The van der Waals surface area contributed by atoms with Crippen molar-refractivity contribution in [2.45, 2.75) is 39.7 Å². The summed E-state index contributed by atoms with van der Waals surface area (Å²) in [5, 5.41) is 3.60. The number of ether oxygens (including phenoxy) is 2. The number of hydrogen-bond donors (Lipinski definition) is 1. The SMILES string of the molecule is COC(=O)COc1ccc(NC2CC(C)(C)CC2C)cc1. The summed E-state index contributed by atoms with van der Waals surface area (Å²) >= 11 is 0. The van der Waals surface area contributed by atoms with Crippen molar-refractivity contribution in [3.8, 4) is 5.75 Å². The lowest BCUT2D eigenvalue weighted by molar-refractivity contribution is -0.142. The summed E-state index contributed by atoms with van der Waals surface area (Å²) in [6, 6.07) is 8.24. The molecule has 2 atom stereocenters. The molecule has 0 saturated heterocycles. The summed E-state index contributed by atoms with van der Waals surface area (Å²) in [5.74, 6) is 0.972. The Balaban J connectivity index is 1.89. The summed E-state index contributed by atoms with van der Waals surface area (Å²) < 4.78 is 9.87. The van der Waals surface area contributed by atoms with Crippen molar-refractivity contribution in [1.29, 1.82) is 0 Å². The first-order valence-electron chi connectivity index (χ1n) is 7.46. The van der Waals surface area contributed by atoms with E-state index in [1.807, 2.05) is 24.3 Å². The lowest BCUT2D eigenvalue weighted by Crippen LogP contribution is -2.22. The molecule has 0 amide bonds. The Morgan fingerprint density at radius 2 is 1.95 bits per heavy atom. The third-order valence-corrected chi connectivity index (χ3v) is 4.12. The molecule has 1 aromatic carbocycles. The minimum Gasteiger partial charge on any atom is -0.482 e. The Morgan fingerprint density at radius 1 is 1.29 bits per heavy atom. The van der Waals surface area contributed by atoms with Crippen molar-refractivity contribution < 1.29 is 14.3 Å². The molecule has 4 heteroatoms. The van der Waals surface area contributed by atoms with E-state index >= 15 is 0 Å². The molecule has 0 bridgehead atoms. The largest absolute Gasteiger partial charge is 0.482 e. The van der Waals surface area contributed by atoms with E-state index in [1.165, 1.54) is 20.0 Å². The van der Waals surface area contributed by atoms with Gasteiger partial charge in [0.25, 0.3) is 0 Å². The highest BCUT2D eigenvalue weighted by molar-refractivity contribution is 5.70. The van der Waals surface area contributed by atoms with Gasteiger partial charge in [-0.05, 0) is 48.4 Å². The van der Waals surface area contributed by atoms with E-state index in [2.05, 4.69) is 30.8 Å². The molecule has 2 unspecified atom stereocenters. The predicted octanol–water partition coefficient (Wildman–Crippen LogP) is 3.48. The van der Waals surface area contributed by atoms with E-state index in [0.717, 1.165) is 5.69 Å². The van der Waals surface area contributed by atoms with Crippen LogP contribution in [-0.2, 0) is 9.53 Å². The monoisotopic (exact) mass is 291 g/mol. The van der Waals surface area contributed by atoms with Crippen LogP contribution >= 0.6 is 0 Å². The topological polar surface area (TPSA) is 47.6 Å². The molecule has 21 heavy (non-hydrogen) atoms. The number of hydrogen-bond acceptors (Lipinski definition) is 4. The highest BCUT2D eigenvalue weighted by Crippen LogP contribution is 2.42. The van der Waals surface area contributed by atoms with E-state index in [4.69, 9.17) is 4.74 Å². The Kier molecular flexibility index (Phi) is 4.76. The lowest BCUT2D eigenvalue weighted by atomic mass is 9.91. The lowest BCUT2D eigenvalue weighted by Gasteiger charge is -2.20. The van der Waals surface area contributed by atoms with E-state index in [1.54, 1.807) is 0 Å². The molecule has 1 aliphatic carbocycles. The van der Waals surface area contributed by atoms with Crippen LogP contribution in [0.1, 0.15) is 33.6 Å². The molecule has 1 aromatic rings. The number of methoxy groups -OCH3 is 1. The first-order valence-corrected chi connectivity index (χ1v) is 7.46. The van der Waals surface area contributed by atoms with Crippen molar-refractivity contribution in [3.05, 3.63) is 24.3 Å². The fourth-order valence-corrected chi connectivity index (χ4v) is 3.15. The Labute approximate surface area is 126 Å². The average Bonchev–Trinajstić information content (AvgIpc) is 2.70. The van der Waals surface area contributed by atoms with Crippen LogP contribution < -0.4 is 10.1 Å². The number of esters is 1. The van der Waals surface area contributed by atoms with Crippen molar-refractivity contribution >= 4 is 11.7 Å². The minimum atomic E-state index is -0.376. The van der Waals surface area contributed by atoms with E-state index in [0.29, 0.717) is 23.1 Å². The van der Waals surface area contributed by atoms with Gasteiger partial charge in [0.1, 0.15) is 5.75 Å². The fraction of sp³-hybridized carbons (Fsp3) is 0.588. The molecule has 0 spiro atoms. The van der Waals surface area contributed by atoms with Crippen LogP contribution in [0.3, 0.4) is 0 Å². The third kappa shape index (κ3) is 4.38.